The summed E-state index contributed by atoms with van der Waals surface area (Å²) in [5.41, 5.74) is 4.57. The van der Waals surface area contributed by atoms with Gasteiger partial charge in [0.2, 0.25) is 0 Å². The van der Waals surface area contributed by atoms with Gasteiger partial charge in [0.05, 0.1) is 6.61 Å². The van der Waals surface area contributed by atoms with Gasteiger partial charge in [-0.2, -0.15) is 5.26 Å². The van der Waals surface area contributed by atoms with Crippen LogP contribution in [0.25, 0.3) is 0 Å². The van der Waals surface area contributed by atoms with Crippen LogP contribution in [0.2, 0.25) is 0 Å². The van der Waals surface area contributed by atoms with Gasteiger partial charge in [-0.1, -0.05) is 12.1 Å². The minimum absolute atomic E-state index is 0.101. The third kappa shape index (κ3) is 5.12. The number of rotatable bonds is 6. The Morgan fingerprint density at radius 3 is 2.47 bits per heavy atom. The summed E-state index contributed by atoms with van der Waals surface area (Å²) >= 11 is 0. The van der Waals surface area contributed by atoms with Gasteiger partial charge in [-0.15, -0.1) is 0 Å². The van der Waals surface area contributed by atoms with Crippen LogP contribution in [0, 0.1) is 25.2 Å². The maximum absolute atomic E-state index is 12.5. The smallest absolute Gasteiger partial charge is 0.267 e. The summed E-state index contributed by atoms with van der Waals surface area (Å²) in [6.45, 7) is 9.99. The van der Waals surface area contributed by atoms with Crippen molar-refractivity contribution in [2.45, 2.75) is 20.8 Å². The van der Waals surface area contributed by atoms with Crippen molar-refractivity contribution in [1.82, 2.24) is 4.90 Å². The highest BCUT2D eigenvalue weighted by Gasteiger charge is 2.19. The van der Waals surface area contributed by atoms with Crippen molar-refractivity contribution >= 4 is 17.3 Å². The fraction of sp³-hybridized carbons (Fsp3) is 0.333. The lowest BCUT2D eigenvalue weighted by Gasteiger charge is -2.36. The van der Waals surface area contributed by atoms with Crippen LogP contribution < -0.4 is 15.0 Å². The molecule has 0 saturated carbocycles. The summed E-state index contributed by atoms with van der Waals surface area (Å²) in [4.78, 5) is 16.9. The summed E-state index contributed by atoms with van der Waals surface area (Å²) in [5.74, 6) is 0.340. The second-order valence-corrected chi connectivity index (χ2v) is 7.31. The van der Waals surface area contributed by atoms with Crippen LogP contribution in [-0.2, 0) is 4.79 Å². The number of nitrogens with zero attached hydrogens (tertiary/aromatic N) is 3. The maximum atomic E-state index is 12.5. The van der Waals surface area contributed by atoms with Crippen LogP contribution >= 0.6 is 0 Å². The molecule has 0 unspecified atom stereocenters. The predicted molar refractivity (Wildman–Crippen MR) is 120 cm³/mol. The monoisotopic (exact) mass is 404 g/mol. The summed E-state index contributed by atoms with van der Waals surface area (Å²) in [6.07, 6.45) is 1.67. The largest absolute Gasteiger partial charge is 0.494 e. The molecule has 0 bridgehead atoms. The van der Waals surface area contributed by atoms with Gasteiger partial charge >= 0.3 is 0 Å². The highest BCUT2D eigenvalue weighted by Crippen LogP contribution is 2.24. The lowest BCUT2D eigenvalue weighted by molar-refractivity contribution is -0.112. The summed E-state index contributed by atoms with van der Waals surface area (Å²) < 4.78 is 5.40. The normalized spacial score (nSPS) is 14.3. The first-order valence-electron chi connectivity index (χ1n) is 10.2. The Morgan fingerprint density at radius 2 is 1.83 bits per heavy atom. The number of hydrogen-bond acceptors (Lipinski definition) is 5. The maximum Gasteiger partial charge on any atom is 0.267 e. The van der Waals surface area contributed by atoms with Crippen LogP contribution in [0.1, 0.15) is 18.1 Å². The van der Waals surface area contributed by atoms with Gasteiger partial charge in [0.15, 0.2) is 0 Å². The first kappa shape index (κ1) is 21.3. The molecule has 30 heavy (non-hydrogen) atoms. The number of anilines is 2. The zero-order chi connectivity index (χ0) is 21.5. The molecule has 0 radical (unpaired) electrons. The van der Waals surface area contributed by atoms with E-state index in [0.29, 0.717) is 12.3 Å². The zero-order valence-electron chi connectivity index (χ0n) is 17.8. The molecule has 2 aromatic rings. The van der Waals surface area contributed by atoms with Crippen molar-refractivity contribution in [3.8, 4) is 11.8 Å². The van der Waals surface area contributed by atoms with Gasteiger partial charge in [0.1, 0.15) is 17.4 Å². The highest BCUT2D eigenvalue weighted by atomic mass is 16.5. The first-order valence-corrected chi connectivity index (χ1v) is 10.2. The highest BCUT2D eigenvalue weighted by molar-refractivity contribution is 6.06. The Bertz CT molecular complexity index is 952. The fourth-order valence-electron chi connectivity index (χ4n) is 3.49. The number of hydrogen-bond donors (Lipinski definition) is 1. The number of amides is 1. The number of carbonyl (C=O) groups is 1. The van der Waals surface area contributed by atoms with E-state index in [4.69, 9.17) is 4.74 Å². The van der Waals surface area contributed by atoms with E-state index in [2.05, 4.69) is 42.3 Å². The van der Waals surface area contributed by atoms with Gasteiger partial charge in [-0.25, -0.2) is 0 Å². The Hall–Kier alpha value is -3.46. The van der Waals surface area contributed by atoms with E-state index in [1.54, 1.807) is 30.5 Å². The molecule has 3 rings (SSSR count). The molecule has 6 nitrogen and oxygen atoms in total. The number of nitrogens with one attached hydrogen (secondary N) is 1. The van der Waals surface area contributed by atoms with Crippen LogP contribution in [0.4, 0.5) is 11.4 Å². The second kappa shape index (κ2) is 9.84. The molecule has 1 amide bonds. The minimum atomic E-state index is -0.404. The lowest BCUT2D eigenvalue weighted by Crippen LogP contribution is -2.44. The van der Waals surface area contributed by atoms with Crippen LogP contribution in [-0.4, -0.2) is 43.6 Å². The second-order valence-electron chi connectivity index (χ2n) is 7.31. The van der Waals surface area contributed by atoms with Crippen molar-refractivity contribution in [3.63, 3.8) is 0 Å². The van der Waals surface area contributed by atoms with E-state index in [0.717, 1.165) is 31.9 Å². The SMILES string of the molecule is CCOc1ccc(NC(=O)/C(C#N)=C\N2CCN(c3cccc(C)c3C)CC2)cc1. The number of piperazine rings is 1. The molecule has 1 fully saturated rings. The van der Waals surface area contributed by atoms with Crippen LogP contribution in [0.5, 0.6) is 5.75 Å². The van der Waals surface area contributed by atoms with Crippen LogP contribution in [0.15, 0.2) is 54.2 Å². The molecular formula is C24H28N4O2. The van der Waals surface area contributed by atoms with E-state index in [-0.39, 0.29) is 5.57 Å². The molecule has 156 valence electrons. The van der Waals surface area contributed by atoms with Crippen LogP contribution in [0.3, 0.4) is 0 Å². The Labute approximate surface area is 178 Å². The van der Waals surface area contributed by atoms with E-state index in [1.165, 1.54) is 16.8 Å². The molecule has 0 aliphatic carbocycles. The average molecular weight is 405 g/mol. The van der Waals surface area contributed by atoms with E-state index >= 15 is 0 Å². The van der Waals surface area contributed by atoms with E-state index in [1.807, 2.05) is 17.9 Å². The Balaban J connectivity index is 1.60. The molecule has 0 aromatic heterocycles. The third-order valence-corrected chi connectivity index (χ3v) is 5.33. The molecular weight excluding hydrogens is 376 g/mol. The molecule has 1 heterocycles. The number of carbonyl (C=O) groups excluding carboxylic acids is 1. The molecule has 1 N–H and O–H groups in total. The van der Waals surface area contributed by atoms with E-state index < -0.39 is 5.91 Å². The standard InChI is InChI=1S/C24H28N4O2/c1-4-30-22-10-8-21(9-11-22)26-24(29)20(16-25)17-27-12-14-28(15-13-27)23-7-5-6-18(2)19(23)3/h5-11,17H,4,12-15H2,1-3H3,(H,26,29)/b20-17-. The van der Waals surface area contributed by atoms with Crippen molar-refractivity contribution in [2.24, 2.45) is 0 Å². The lowest BCUT2D eigenvalue weighted by atomic mass is 10.1. The van der Waals surface area contributed by atoms with Gasteiger partial charge in [-0.3, -0.25) is 4.79 Å². The molecule has 2 aromatic carbocycles. The predicted octanol–water partition coefficient (Wildman–Crippen LogP) is 3.87. The molecule has 1 aliphatic rings. The quantitative estimate of drug-likeness (QED) is 0.585. The van der Waals surface area contributed by atoms with Crippen molar-refractivity contribution < 1.29 is 9.53 Å². The molecule has 1 aliphatic heterocycles. The first-order chi connectivity index (χ1) is 14.5. The Kier molecular flexibility index (Phi) is 6.97. The molecule has 6 heteroatoms. The molecule has 0 spiro atoms. The van der Waals surface area contributed by atoms with Gasteiger partial charge < -0.3 is 19.9 Å². The fourth-order valence-corrected chi connectivity index (χ4v) is 3.49. The summed E-state index contributed by atoms with van der Waals surface area (Å²) in [5, 5.41) is 12.3. The van der Waals surface area contributed by atoms with Gasteiger partial charge in [0.25, 0.3) is 5.91 Å². The number of benzene rings is 2. The third-order valence-electron chi connectivity index (χ3n) is 5.33. The molecule has 1 saturated heterocycles. The van der Waals surface area contributed by atoms with Gasteiger partial charge in [0, 0.05) is 43.8 Å². The minimum Gasteiger partial charge on any atom is -0.494 e. The average Bonchev–Trinajstić information content (AvgIpc) is 2.76. The summed E-state index contributed by atoms with van der Waals surface area (Å²) in [6, 6.07) is 15.5. The topological polar surface area (TPSA) is 68.6 Å². The van der Waals surface area contributed by atoms with Crippen molar-refractivity contribution in [1.29, 1.82) is 5.26 Å². The molecule has 0 atom stereocenters. The zero-order valence-corrected chi connectivity index (χ0v) is 17.8. The van der Waals surface area contributed by atoms with Crippen molar-refractivity contribution in [3.05, 3.63) is 65.4 Å². The Morgan fingerprint density at radius 1 is 1.13 bits per heavy atom. The number of aryl methyl sites for hydroxylation is 1. The number of nitriles is 1. The van der Waals surface area contributed by atoms with E-state index in [9.17, 15) is 10.1 Å². The van der Waals surface area contributed by atoms with Crippen molar-refractivity contribution in [2.75, 3.05) is 43.0 Å². The summed E-state index contributed by atoms with van der Waals surface area (Å²) in [7, 11) is 0. The number of ether oxygens (including phenoxy) is 1. The van der Waals surface area contributed by atoms with Gasteiger partial charge in [-0.05, 0) is 62.2 Å².